The van der Waals surface area contributed by atoms with Gasteiger partial charge < -0.3 is 24.3 Å². The van der Waals surface area contributed by atoms with Gasteiger partial charge in [0.15, 0.2) is 5.60 Å². The largest absolute Gasteiger partial charge is 0.497 e. The normalized spacial score (nSPS) is 11.0. The molecule has 0 bridgehead atoms. The fourth-order valence-electron chi connectivity index (χ4n) is 3.24. The number of methoxy groups -OCH3 is 2. The highest BCUT2D eigenvalue weighted by molar-refractivity contribution is 5.79. The Kier molecular flexibility index (Phi) is 8.29. The minimum atomic E-state index is -1.12. The summed E-state index contributed by atoms with van der Waals surface area (Å²) in [7, 11) is 3.18. The molecule has 8 heteroatoms. The van der Waals surface area contributed by atoms with E-state index in [1.807, 2.05) is 48.5 Å². The summed E-state index contributed by atoms with van der Waals surface area (Å²) in [5.41, 5.74) is 1.53. The van der Waals surface area contributed by atoms with Gasteiger partial charge in [0.05, 0.1) is 26.5 Å². The summed E-state index contributed by atoms with van der Waals surface area (Å²) in [5.74, 6) is 1.59. The number of nitrogens with zero attached hydrogens (tertiary/aromatic N) is 2. The van der Waals surface area contributed by atoms with E-state index in [4.69, 9.17) is 18.9 Å². The second-order valence-corrected chi connectivity index (χ2v) is 8.01. The van der Waals surface area contributed by atoms with Crippen LogP contribution in [0.1, 0.15) is 26.3 Å². The number of hydrogen-bond donors (Lipinski definition) is 1. The van der Waals surface area contributed by atoms with Gasteiger partial charge in [-0.3, -0.25) is 0 Å². The number of nitrogens with one attached hydrogen (secondary N) is 1. The van der Waals surface area contributed by atoms with Crippen molar-refractivity contribution in [2.24, 2.45) is 0 Å². The molecule has 0 saturated carbocycles. The quantitative estimate of drug-likeness (QED) is 0.413. The highest BCUT2D eigenvalue weighted by atomic mass is 16.6. The van der Waals surface area contributed by atoms with E-state index in [-0.39, 0.29) is 6.01 Å². The molecule has 1 N–H and O–H groups in total. The van der Waals surface area contributed by atoms with Crippen LogP contribution in [0.4, 0.5) is 5.82 Å². The molecule has 0 aliphatic carbocycles. The number of rotatable bonds is 11. The van der Waals surface area contributed by atoms with Crippen molar-refractivity contribution in [1.29, 1.82) is 0 Å². The van der Waals surface area contributed by atoms with Crippen LogP contribution in [0.3, 0.4) is 0 Å². The zero-order valence-electron chi connectivity index (χ0n) is 20.3. The van der Waals surface area contributed by atoms with Gasteiger partial charge in [0.25, 0.3) is 0 Å². The van der Waals surface area contributed by atoms with E-state index in [0.29, 0.717) is 30.4 Å². The third-order valence-corrected chi connectivity index (χ3v) is 5.04. The van der Waals surface area contributed by atoms with Gasteiger partial charge in [-0.25, -0.2) is 4.79 Å². The fraction of sp³-hybridized carbons (Fsp3) is 0.346. The molecule has 1 aromatic heterocycles. The molecule has 8 nitrogen and oxygen atoms in total. The predicted molar refractivity (Wildman–Crippen MR) is 131 cm³/mol. The summed E-state index contributed by atoms with van der Waals surface area (Å²) >= 11 is 0. The first-order valence-corrected chi connectivity index (χ1v) is 11.1. The monoisotopic (exact) mass is 465 g/mol. The third-order valence-electron chi connectivity index (χ3n) is 5.04. The number of esters is 1. The standard InChI is InChI=1S/C26H31N3O5/c1-6-33-24(30)26(2,3)34-21-9-7-8-19(16-21)22-17-23(29-25(28-22)32-5)27-15-14-18-10-12-20(31-4)13-11-18/h7-13,16-17H,6,14-15H2,1-5H3,(H,27,28,29). The molecule has 0 saturated heterocycles. The highest BCUT2D eigenvalue weighted by Crippen LogP contribution is 2.28. The topological polar surface area (TPSA) is 91.8 Å². The summed E-state index contributed by atoms with van der Waals surface area (Å²) < 4.78 is 21.5. The zero-order valence-corrected chi connectivity index (χ0v) is 20.3. The molecule has 0 radical (unpaired) electrons. The average Bonchev–Trinajstić information content (AvgIpc) is 2.84. The average molecular weight is 466 g/mol. The van der Waals surface area contributed by atoms with E-state index in [0.717, 1.165) is 17.7 Å². The number of hydrogen-bond acceptors (Lipinski definition) is 8. The molecule has 0 aliphatic rings. The first-order chi connectivity index (χ1) is 16.3. The maximum Gasteiger partial charge on any atom is 0.349 e. The van der Waals surface area contributed by atoms with Crippen LogP contribution in [0.25, 0.3) is 11.3 Å². The van der Waals surface area contributed by atoms with Gasteiger partial charge in [-0.1, -0.05) is 24.3 Å². The van der Waals surface area contributed by atoms with Crippen LogP contribution in [0.2, 0.25) is 0 Å². The number of benzene rings is 2. The van der Waals surface area contributed by atoms with Gasteiger partial charge in [0.1, 0.15) is 17.3 Å². The number of carbonyl (C=O) groups excluding carboxylic acids is 1. The fourth-order valence-corrected chi connectivity index (χ4v) is 3.24. The molecule has 180 valence electrons. The summed E-state index contributed by atoms with van der Waals surface area (Å²) in [6, 6.07) is 17.4. The van der Waals surface area contributed by atoms with Crippen LogP contribution in [0.5, 0.6) is 17.5 Å². The van der Waals surface area contributed by atoms with Crippen molar-refractivity contribution < 1.29 is 23.7 Å². The Bertz CT molecular complexity index is 1100. The molecule has 3 rings (SSSR count). The molecule has 2 aromatic carbocycles. The Morgan fingerprint density at radius 2 is 1.74 bits per heavy atom. The van der Waals surface area contributed by atoms with Crippen molar-refractivity contribution in [3.63, 3.8) is 0 Å². The summed E-state index contributed by atoms with van der Waals surface area (Å²) in [6.45, 7) is 6.09. The van der Waals surface area contributed by atoms with E-state index in [1.165, 1.54) is 12.7 Å². The predicted octanol–water partition coefficient (Wildman–Crippen LogP) is 4.54. The highest BCUT2D eigenvalue weighted by Gasteiger charge is 2.31. The Morgan fingerprint density at radius 1 is 0.971 bits per heavy atom. The lowest BCUT2D eigenvalue weighted by Gasteiger charge is -2.24. The first kappa shape index (κ1) is 24.8. The molecule has 0 aliphatic heterocycles. The lowest BCUT2D eigenvalue weighted by Crippen LogP contribution is -2.39. The van der Waals surface area contributed by atoms with Crippen molar-refractivity contribution in [3.05, 3.63) is 60.2 Å². The minimum absolute atomic E-state index is 0.252. The van der Waals surface area contributed by atoms with Gasteiger partial charge >= 0.3 is 12.0 Å². The number of ether oxygens (including phenoxy) is 4. The lowest BCUT2D eigenvalue weighted by atomic mass is 10.1. The Hall–Kier alpha value is -3.81. The molecule has 3 aromatic rings. The Morgan fingerprint density at radius 3 is 2.41 bits per heavy atom. The number of carbonyl (C=O) groups is 1. The molecule has 0 fully saturated rings. The lowest BCUT2D eigenvalue weighted by molar-refractivity contribution is -0.158. The Labute approximate surface area is 200 Å². The second-order valence-electron chi connectivity index (χ2n) is 8.01. The van der Waals surface area contributed by atoms with Crippen molar-refractivity contribution in [2.45, 2.75) is 32.8 Å². The van der Waals surface area contributed by atoms with Crippen LogP contribution in [0, 0.1) is 0 Å². The van der Waals surface area contributed by atoms with Crippen LogP contribution in [-0.2, 0) is 16.0 Å². The van der Waals surface area contributed by atoms with Crippen molar-refractivity contribution in [2.75, 3.05) is 32.7 Å². The maximum absolute atomic E-state index is 12.2. The van der Waals surface area contributed by atoms with Crippen LogP contribution in [0.15, 0.2) is 54.6 Å². The Balaban J connectivity index is 1.74. The molecule has 0 amide bonds. The van der Waals surface area contributed by atoms with E-state index in [9.17, 15) is 4.79 Å². The molecular weight excluding hydrogens is 434 g/mol. The van der Waals surface area contributed by atoms with E-state index in [1.54, 1.807) is 33.9 Å². The maximum atomic E-state index is 12.2. The number of anilines is 1. The molecule has 0 atom stereocenters. The van der Waals surface area contributed by atoms with Gasteiger partial charge in [-0.15, -0.1) is 0 Å². The molecule has 0 unspecified atom stereocenters. The smallest absolute Gasteiger partial charge is 0.349 e. The first-order valence-electron chi connectivity index (χ1n) is 11.1. The minimum Gasteiger partial charge on any atom is -0.497 e. The van der Waals surface area contributed by atoms with Crippen molar-refractivity contribution in [1.82, 2.24) is 9.97 Å². The van der Waals surface area contributed by atoms with Crippen LogP contribution >= 0.6 is 0 Å². The second kappa shape index (κ2) is 11.4. The number of aromatic nitrogens is 2. The van der Waals surface area contributed by atoms with E-state index < -0.39 is 11.6 Å². The van der Waals surface area contributed by atoms with Crippen LogP contribution in [-0.4, -0.2) is 48.9 Å². The van der Waals surface area contributed by atoms with E-state index in [2.05, 4.69) is 15.3 Å². The molecule has 0 spiro atoms. The van der Waals surface area contributed by atoms with Gasteiger partial charge in [0.2, 0.25) is 0 Å². The van der Waals surface area contributed by atoms with Gasteiger partial charge in [-0.2, -0.15) is 9.97 Å². The zero-order chi connectivity index (χ0) is 24.6. The third kappa shape index (κ3) is 6.60. The molecule has 1 heterocycles. The summed E-state index contributed by atoms with van der Waals surface area (Å²) in [6.07, 6.45) is 0.817. The molecule has 34 heavy (non-hydrogen) atoms. The van der Waals surface area contributed by atoms with E-state index >= 15 is 0 Å². The SMILES string of the molecule is CCOC(=O)C(C)(C)Oc1cccc(-c2cc(NCCc3ccc(OC)cc3)nc(OC)n2)c1. The van der Waals surface area contributed by atoms with Gasteiger partial charge in [0, 0.05) is 18.2 Å². The molecular formula is C26H31N3O5. The summed E-state index contributed by atoms with van der Waals surface area (Å²) in [5, 5.41) is 3.33. The van der Waals surface area contributed by atoms with Crippen molar-refractivity contribution >= 4 is 11.8 Å². The summed E-state index contributed by atoms with van der Waals surface area (Å²) in [4.78, 5) is 21.1. The van der Waals surface area contributed by atoms with Crippen molar-refractivity contribution in [3.8, 4) is 28.8 Å². The van der Waals surface area contributed by atoms with Crippen LogP contribution < -0.4 is 19.5 Å². The van der Waals surface area contributed by atoms with Gasteiger partial charge in [-0.05, 0) is 57.0 Å².